The summed E-state index contributed by atoms with van der Waals surface area (Å²) in [5.41, 5.74) is 0. The quantitative estimate of drug-likeness (QED) is 0.565. The number of hydrazine groups is 1. The molecule has 0 saturated carbocycles. The van der Waals surface area contributed by atoms with Gasteiger partial charge in [-0.15, -0.1) is 0 Å². The summed E-state index contributed by atoms with van der Waals surface area (Å²) in [4.78, 5) is 22.5. The number of hydrogen-bond acceptors (Lipinski definition) is 4. The van der Waals surface area contributed by atoms with Gasteiger partial charge in [-0.1, -0.05) is 0 Å². The van der Waals surface area contributed by atoms with Crippen molar-refractivity contribution in [1.29, 1.82) is 5.26 Å². The van der Waals surface area contributed by atoms with E-state index in [0.717, 1.165) is 9.04 Å². The molecule has 0 aromatic heterocycles. The number of carbonyl (C=O) groups is 2. The highest BCUT2D eigenvalue weighted by molar-refractivity contribution is 9.07. The van der Waals surface area contributed by atoms with Crippen LogP contribution in [0.15, 0.2) is 0 Å². The van der Waals surface area contributed by atoms with Crippen LogP contribution in [0.3, 0.4) is 0 Å². The van der Waals surface area contributed by atoms with Crippen LogP contribution in [0.25, 0.3) is 0 Å². The molecule has 15 heavy (non-hydrogen) atoms. The molecule has 0 radical (unpaired) electrons. The maximum Gasteiger partial charge on any atom is 0.248 e. The molecule has 0 unspecified atom stereocenters. The maximum atomic E-state index is 11.4. The fraction of sp³-hybridized carbons (Fsp3) is 0.625. The van der Waals surface area contributed by atoms with Gasteiger partial charge in [0, 0.05) is 13.3 Å². The molecule has 1 aliphatic rings. The van der Waals surface area contributed by atoms with Crippen molar-refractivity contribution in [2.75, 3.05) is 0 Å². The Labute approximate surface area is 95.4 Å². The van der Waals surface area contributed by atoms with E-state index in [1.807, 2.05) is 0 Å². The second-order valence-corrected chi connectivity index (χ2v) is 3.87. The van der Waals surface area contributed by atoms with Gasteiger partial charge < -0.3 is 5.11 Å². The smallest absolute Gasteiger partial charge is 0.248 e. The van der Waals surface area contributed by atoms with Crippen molar-refractivity contribution in [3.8, 4) is 6.07 Å². The summed E-state index contributed by atoms with van der Waals surface area (Å²) in [5, 5.41) is 19.0. The molecule has 0 spiro atoms. The normalized spacial score (nSPS) is 22.4. The van der Waals surface area contributed by atoms with Crippen molar-refractivity contribution in [2.45, 2.75) is 31.9 Å². The zero-order chi connectivity index (χ0) is 11.6. The molecule has 0 bridgehead atoms. The average molecular weight is 276 g/mol. The van der Waals surface area contributed by atoms with Crippen molar-refractivity contribution >= 4 is 28.0 Å². The van der Waals surface area contributed by atoms with Crippen LogP contribution >= 0.6 is 16.1 Å². The molecule has 1 saturated heterocycles. The van der Waals surface area contributed by atoms with Gasteiger partial charge in [0.15, 0.2) is 6.10 Å². The van der Waals surface area contributed by atoms with Gasteiger partial charge in [-0.25, -0.2) is 5.01 Å². The molecule has 0 aromatic carbocycles. The van der Waals surface area contributed by atoms with Gasteiger partial charge in [0.05, 0.1) is 28.3 Å². The van der Waals surface area contributed by atoms with E-state index in [9.17, 15) is 14.7 Å². The zero-order valence-corrected chi connectivity index (χ0v) is 9.64. The van der Waals surface area contributed by atoms with E-state index in [1.54, 1.807) is 6.07 Å². The molecular weight excluding hydrogens is 266 g/mol. The Morgan fingerprint density at radius 2 is 2.47 bits per heavy atom. The van der Waals surface area contributed by atoms with Gasteiger partial charge >= 0.3 is 0 Å². The van der Waals surface area contributed by atoms with E-state index in [1.165, 1.54) is 6.92 Å². The first kappa shape index (κ1) is 11.9. The van der Waals surface area contributed by atoms with Crippen molar-refractivity contribution in [3.05, 3.63) is 0 Å². The Kier molecular flexibility index (Phi) is 3.66. The van der Waals surface area contributed by atoms with Crippen molar-refractivity contribution in [1.82, 2.24) is 9.04 Å². The first-order valence-corrected chi connectivity index (χ1v) is 5.06. The number of aliphatic hydroxyl groups excluding tert-OH is 1. The van der Waals surface area contributed by atoms with Gasteiger partial charge in [0.2, 0.25) is 11.8 Å². The van der Waals surface area contributed by atoms with Gasteiger partial charge in [-0.3, -0.25) is 9.59 Å². The van der Waals surface area contributed by atoms with Gasteiger partial charge in [-0.05, 0) is 6.42 Å². The second kappa shape index (κ2) is 4.59. The van der Waals surface area contributed by atoms with Crippen LogP contribution < -0.4 is 0 Å². The molecule has 0 aromatic rings. The number of rotatable bonds is 2. The monoisotopic (exact) mass is 275 g/mol. The Balaban J connectivity index is 2.87. The van der Waals surface area contributed by atoms with Gasteiger partial charge in [0.25, 0.3) is 0 Å². The third-order valence-electron chi connectivity index (χ3n) is 2.17. The lowest BCUT2D eigenvalue weighted by atomic mass is 10.1. The van der Waals surface area contributed by atoms with E-state index in [-0.39, 0.29) is 18.2 Å². The Bertz CT molecular complexity index is 328. The van der Waals surface area contributed by atoms with E-state index in [0.29, 0.717) is 6.42 Å². The van der Waals surface area contributed by atoms with Crippen molar-refractivity contribution < 1.29 is 14.7 Å². The maximum absolute atomic E-state index is 11.4. The lowest BCUT2D eigenvalue weighted by molar-refractivity contribution is -0.151. The second-order valence-electron chi connectivity index (χ2n) is 3.20. The number of carbonyl (C=O) groups excluding carboxylic acids is 2. The van der Waals surface area contributed by atoms with E-state index >= 15 is 0 Å². The van der Waals surface area contributed by atoms with E-state index in [2.05, 4.69) is 16.1 Å². The molecular formula is C8H10BrN3O3. The summed E-state index contributed by atoms with van der Waals surface area (Å²) in [5.74, 6) is -0.679. The van der Waals surface area contributed by atoms with Gasteiger partial charge in [-0.2, -0.15) is 9.30 Å². The molecule has 6 nitrogen and oxygen atoms in total. The summed E-state index contributed by atoms with van der Waals surface area (Å²) < 4.78 is 0.952. The molecule has 1 fully saturated rings. The summed E-state index contributed by atoms with van der Waals surface area (Å²) >= 11 is 2.92. The Morgan fingerprint density at radius 3 is 2.93 bits per heavy atom. The van der Waals surface area contributed by atoms with Crippen LogP contribution in [0, 0.1) is 11.3 Å². The summed E-state index contributed by atoms with van der Waals surface area (Å²) in [6.07, 6.45) is -0.697. The number of nitriles is 1. The third kappa shape index (κ3) is 2.27. The number of amides is 2. The predicted octanol–water partition coefficient (Wildman–Crippen LogP) is -0.0647. The van der Waals surface area contributed by atoms with E-state index < -0.39 is 12.1 Å². The molecule has 82 valence electrons. The van der Waals surface area contributed by atoms with Crippen LogP contribution in [0.5, 0.6) is 0 Å². The highest BCUT2D eigenvalue weighted by Gasteiger charge is 2.40. The fourth-order valence-electron chi connectivity index (χ4n) is 1.45. The van der Waals surface area contributed by atoms with Crippen LogP contribution in [-0.4, -0.2) is 38.1 Å². The molecule has 0 aliphatic carbocycles. The minimum absolute atomic E-state index is 0.221. The molecule has 1 rings (SSSR count). The molecule has 2 amide bonds. The number of hydrogen-bond donors (Lipinski definition) is 1. The highest BCUT2D eigenvalue weighted by Crippen LogP contribution is 2.25. The minimum Gasteiger partial charge on any atom is -0.376 e. The third-order valence-corrected chi connectivity index (χ3v) is 3.01. The van der Waals surface area contributed by atoms with Gasteiger partial charge in [0.1, 0.15) is 0 Å². The van der Waals surface area contributed by atoms with Crippen molar-refractivity contribution in [3.63, 3.8) is 0 Å². The van der Waals surface area contributed by atoms with Crippen LogP contribution in [0.1, 0.15) is 19.8 Å². The summed E-state index contributed by atoms with van der Waals surface area (Å²) in [6.45, 7) is 1.27. The largest absolute Gasteiger partial charge is 0.376 e. The Hall–Kier alpha value is -1.13. The molecule has 1 N–H and O–H groups in total. The van der Waals surface area contributed by atoms with Crippen molar-refractivity contribution in [2.24, 2.45) is 0 Å². The number of halogens is 1. The fourth-order valence-corrected chi connectivity index (χ4v) is 1.86. The molecule has 7 heteroatoms. The first-order chi connectivity index (χ1) is 6.99. The number of nitrogens with zero attached hydrogens (tertiary/aromatic N) is 3. The molecule has 2 atom stereocenters. The SMILES string of the molecule is CC(=O)N(Br)N1C(=O)CC[C@@H]1[C@@H](O)C#N. The predicted molar refractivity (Wildman–Crippen MR) is 52.9 cm³/mol. The topological polar surface area (TPSA) is 84.6 Å². The standard InChI is InChI=1S/C8H10BrN3O3/c1-5(13)12(9)11-6(7(14)4-10)2-3-8(11)15/h6-7,14H,2-3H2,1H3/t6-,7+/m1/s1. The lowest BCUT2D eigenvalue weighted by Gasteiger charge is -2.30. The van der Waals surface area contributed by atoms with E-state index in [4.69, 9.17) is 5.26 Å². The van der Waals surface area contributed by atoms with Crippen LogP contribution in [0.2, 0.25) is 0 Å². The molecule has 1 heterocycles. The number of aliphatic hydroxyl groups is 1. The van der Waals surface area contributed by atoms with Crippen LogP contribution in [0.4, 0.5) is 0 Å². The first-order valence-electron chi connectivity index (χ1n) is 4.35. The minimum atomic E-state index is -1.28. The molecule has 1 aliphatic heterocycles. The Morgan fingerprint density at radius 1 is 1.87 bits per heavy atom. The average Bonchev–Trinajstić information content (AvgIpc) is 2.57. The lowest BCUT2D eigenvalue weighted by Crippen LogP contribution is -2.48. The highest BCUT2D eigenvalue weighted by atomic mass is 79.9. The van der Waals surface area contributed by atoms with Crippen LogP contribution in [-0.2, 0) is 9.59 Å². The summed E-state index contributed by atoms with van der Waals surface area (Å²) in [7, 11) is 0. The summed E-state index contributed by atoms with van der Waals surface area (Å²) in [6, 6.07) is 0.993. The zero-order valence-electron chi connectivity index (χ0n) is 8.05.